The predicted molar refractivity (Wildman–Crippen MR) is 158 cm³/mol. The number of methoxy groups -OCH3 is 2. The summed E-state index contributed by atoms with van der Waals surface area (Å²) in [7, 11) is 3.09. The van der Waals surface area contributed by atoms with Crippen LogP contribution in [0.25, 0.3) is 6.08 Å². The van der Waals surface area contributed by atoms with E-state index in [-0.39, 0.29) is 17.3 Å². The fourth-order valence-electron chi connectivity index (χ4n) is 6.89. The van der Waals surface area contributed by atoms with Crippen molar-refractivity contribution in [3.63, 3.8) is 0 Å². The second-order valence-electron chi connectivity index (χ2n) is 11.6. The lowest BCUT2D eigenvalue weighted by atomic mass is 9.63. The molecule has 0 bridgehead atoms. The van der Waals surface area contributed by atoms with Gasteiger partial charge < -0.3 is 14.4 Å². The van der Waals surface area contributed by atoms with E-state index in [4.69, 9.17) is 9.47 Å². The monoisotopic (exact) mass is 599 g/mol. The zero-order chi connectivity index (χ0) is 28.6. The van der Waals surface area contributed by atoms with Crippen molar-refractivity contribution in [2.45, 2.75) is 38.8 Å². The van der Waals surface area contributed by atoms with Gasteiger partial charge in [-0.2, -0.15) is 0 Å². The molecule has 40 heavy (non-hydrogen) atoms. The van der Waals surface area contributed by atoms with E-state index in [1.807, 2.05) is 68.2 Å². The number of hydrogen-bond donors (Lipinski definition) is 0. The Morgan fingerprint density at radius 2 is 1.60 bits per heavy atom. The van der Waals surface area contributed by atoms with E-state index in [1.54, 1.807) is 37.4 Å². The number of hydrogen-bond acceptors (Lipinski definition) is 6. The number of para-hydroxylation sites is 1. The first kappa shape index (κ1) is 26.5. The van der Waals surface area contributed by atoms with E-state index < -0.39 is 28.8 Å². The van der Waals surface area contributed by atoms with Gasteiger partial charge in [-0.1, -0.05) is 85.3 Å². The number of benzene rings is 3. The molecule has 0 radical (unpaired) electrons. The van der Waals surface area contributed by atoms with Crippen LogP contribution in [0.1, 0.15) is 58.5 Å². The standard InChI is InChI=1S/C33H30BrNO5/c1-32(2,3)31(38)27-26(22-11-8-12-24(39-4)28(22)40-5)33(29(36)20-9-6-7-10-21(20)30(33)37)25-16-13-18-17-19(34)14-15-23(18)35(25)27/h6-17,25-27H,1-5H3/t25-,26-,27+/m0/s1. The zero-order valence-electron chi connectivity index (χ0n) is 23.0. The average Bonchev–Trinajstić information content (AvgIpc) is 3.37. The third kappa shape index (κ3) is 3.43. The molecule has 0 N–H and O–H groups in total. The Morgan fingerprint density at radius 3 is 2.20 bits per heavy atom. The van der Waals surface area contributed by atoms with Gasteiger partial charge in [-0.05, 0) is 29.8 Å². The molecule has 3 aromatic rings. The van der Waals surface area contributed by atoms with Crippen LogP contribution >= 0.6 is 15.9 Å². The van der Waals surface area contributed by atoms with Gasteiger partial charge in [-0.15, -0.1) is 0 Å². The molecule has 1 spiro atoms. The van der Waals surface area contributed by atoms with E-state index in [0.29, 0.717) is 28.2 Å². The van der Waals surface area contributed by atoms with Crippen LogP contribution in [-0.4, -0.2) is 43.7 Å². The lowest BCUT2D eigenvalue weighted by molar-refractivity contribution is -0.127. The fraction of sp³-hybridized carbons (Fsp3) is 0.303. The number of Topliss-reactive ketones (excluding diaryl/α,β-unsaturated/α-hetero) is 3. The molecule has 3 aromatic carbocycles. The highest BCUT2D eigenvalue weighted by molar-refractivity contribution is 9.10. The maximum Gasteiger partial charge on any atom is 0.180 e. The largest absolute Gasteiger partial charge is 0.493 e. The molecule has 2 aliphatic heterocycles. The van der Waals surface area contributed by atoms with Gasteiger partial charge in [0.15, 0.2) is 28.8 Å². The average molecular weight is 601 g/mol. The number of fused-ring (bicyclic) bond motifs is 5. The van der Waals surface area contributed by atoms with Crippen molar-refractivity contribution < 1.29 is 23.9 Å². The molecule has 0 amide bonds. The van der Waals surface area contributed by atoms with E-state index in [2.05, 4.69) is 15.9 Å². The highest BCUT2D eigenvalue weighted by Gasteiger charge is 2.72. The van der Waals surface area contributed by atoms with Crippen LogP contribution < -0.4 is 14.4 Å². The molecule has 7 heteroatoms. The molecule has 0 unspecified atom stereocenters. The Hall–Kier alpha value is -3.71. The van der Waals surface area contributed by atoms with Crippen molar-refractivity contribution in [2.75, 3.05) is 19.1 Å². The third-order valence-electron chi connectivity index (χ3n) is 8.54. The van der Waals surface area contributed by atoms with Crippen LogP contribution in [0.2, 0.25) is 0 Å². The second-order valence-corrected chi connectivity index (χ2v) is 12.5. The number of carbonyl (C=O) groups is 3. The number of nitrogens with zero attached hydrogens (tertiary/aromatic N) is 1. The number of halogens is 1. The van der Waals surface area contributed by atoms with Gasteiger partial charge in [0.25, 0.3) is 0 Å². The minimum atomic E-state index is -1.59. The number of ketones is 3. The summed E-state index contributed by atoms with van der Waals surface area (Å²) in [6, 6.07) is 16.8. The SMILES string of the molecule is COc1cccc([C@H]2[C@H](C(=O)C(C)(C)C)N3c4ccc(Br)cc4C=C[C@H]3C23C(=O)c2ccccc2C3=O)c1OC. The van der Waals surface area contributed by atoms with Crippen molar-refractivity contribution in [1.82, 2.24) is 0 Å². The summed E-state index contributed by atoms with van der Waals surface area (Å²) in [5.74, 6) is -0.569. The normalized spacial score (nSPS) is 22.2. The van der Waals surface area contributed by atoms with Gasteiger partial charge >= 0.3 is 0 Å². The number of rotatable bonds is 4. The maximum atomic E-state index is 14.7. The first-order valence-electron chi connectivity index (χ1n) is 13.3. The number of ether oxygens (including phenoxy) is 2. The molecule has 3 atom stereocenters. The summed E-state index contributed by atoms with van der Waals surface area (Å²) in [5, 5.41) is 0. The molecule has 1 aliphatic carbocycles. The Morgan fingerprint density at radius 1 is 0.925 bits per heavy atom. The predicted octanol–water partition coefficient (Wildman–Crippen LogP) is 6.51. The van der Waals surface area contributed by atoms with Crippen LogP contribution in [0.15, 0.2) is 71.2 Å². The Labute approximate surface area is 242 Å². The number of anilines is 1. The van der Waals surface area contributed by atoms with Crippen LogP contribution in [0.4, 0.5) is 5.69 Å². The van der Waals surface area contributed by atoms with Crippen LogP contribution in [0, 0.1) is 10.8 Å². The fourth-order valence-corrected chi connectivity index (χ4v) is 7.27. The van der Waals surface area contributed by atoms with Gasteiger partial charge in [-0.3, -0.25) is 14.4 Å². The van der Waals surface area contributed by atoms with Crippen molar-refractivity contribution in [1.29, 1.82) is 0 Å². The highest BCUT2D eigenvalue weighted by atomic mass is 79.9. The molecular formula is C33H30BrNO5. The van der Waals surface area contributed by atoms with Crippen molar-refractivity contribution >= 4 is 45.0 Å². The topological polar surface area (TPSA) is 72.9 Å². The van der Waals surface area contributed by atoms with Crippen molar-refractivity contribution in [3.05, 3.63) is 93.5 Å². The van der Waals surface area contributed by atoms with E-state index in [1.165, 1.54) is 7.11 Å². The van der Waals surface area contributed by atoms with Crippen molar-refractivity contribution in [3.8, 4) is 11.5 Å². The van der Waals surface area contributed by atoms with Gasteiger partial charge in [0, 0.05) is 38.2 Å². The zero-order valence-corrected chi connectivity index (χ0v) is 24.6. The van der Waals surface area contributed by atoms with Crippen LogP contribution in [0.5, 0.6) is 11.5 Å². The summed E-state index contributed by atoms with van der Waals surface area (Å²) >= 11 is 3.56. The lowest BCUT2D eigenvalue weighted by Crippen LogP contribution is -2.49. The van der Waals surface area contributed by atoms with Crippen LogP contribution in [0.3, 0.4) is 0 Å². The molecular weight excluding hydrogens is 570 g/mol. The lowest BCUT2D eigenvalue weighted by Gasteiger charge is -2.38. The van der Waals surface area contributed by atoms with E-state index in [0.717, 1.165) is 15.7 Å². The van der Waals surface area contributed by atoms with Gasteiger partial charge in [0.05, 0.1) is 26.3 Å². The first-order chi connectivity index (χ1) is 19.1. The third-order valence-corrected chi connectivity index (χ3v) is 9.04. The Bertz CT molecular complexity index is 1580. The Kier molecular flexibility index (Phi) is 6.07. The summed E-state index contributed by atoms with van der Waals surface area (Å²) in [5.41, 5.74) is 0.728. The highest BCUT2D eigenvalue weighted by Crippen LogP contribution is 2.62. The summed E-state index contributed by atoms with van der Waals surface area (Å²) in [4.78, 5) is 46.1. The molecule has 1 fully saturated rings. The molecule has 3 aliphatic rings. The quantitative estimate of drug-likeness (QED) is 0.318. The number of carbonyl (C=O) groups excluding carboxylic acids is 3. The van der Waals surface area contributed by atoms with E-state index in [9.17, 15) is 14.4 Å². The summed E-state index contributed by atoms with van der Waals surface area (Å²) < 4.78 is 12.4. The van der Waals surface area contributed by atoms with Crippen molar-refractivity contribution in [2.24, 2.45) is 10.8 Å². The molecule has 0 aromatic heterocycles. The van der Waals surface area contributed by atoms with E-state index >= 15 is 0 Å². The van der Waals surface area contributed by atoms with Crippen LogP contribution in [-0.2, 0) is 4.79 Å². The van der Waals surface area contributed by atoms with Gasteiger partial charge in [0.2, 0.25) is 0 Å². The second kappa shape index (κ2) is 9.16. The minimum absolute atomic E-state index is 0.0648. The molecule has 2 heterocycles. The summed E-state index contributed by atoms with van der Waals surface area (Å²) in [6.45, 7) is 5.64. The summed E-state index contributed by atoms with van der Waals surface area (Å²) in [6.07, 6.45) is 3.88. The molecule has 6 rings (SSSR count). The van der Waals surface area contributed by atoms with Gasteiger partial charge in [-0.25, -0.2) is 0 Å². The molecule has 0 saturated carbocycles. The first-order valence-corrected chi connectivity index (χ1v) is 14.1. The minimum Gasteiger partial charge on any atom is -0.493 e. The molecule has 204 valence electrons. The van der Waals surface area contributed by atoms with Gasteiger partial charge in [0.1, 0.15) is 5.41 Å². The maximum absolute atomic E-state index is 14.7. The molecule has 1 saturated heterocycles. The molecule has 6 nitrogen and oxygen atoms in total. The smallest absolute Gasteiger partial charge is 0.180 e. The Balaban J connectivity index is 1.74.